The maximum Gasteiger partial charge on any atom is 0.338 e. The van der Waals surface area contributed by atoms with Gasteiger partial charge in [0.15, 0.2) is 0 Å². The first-order chi connectivity index (χ1) is 13.9. The lowest BCUT2D eigenvalue weighted by atomic mass is 10.2. The number of nitrogens with zero attached hydrogens (tertiary/aromatic N) is 2. The van der Waals surface area contributed by atoms with Crippen molar-refractivity contribution in [3.8, 4) is 0 Å². The summed E-state index contributed by atoms with van der Waals surface area (Å²) in [6.45, 7) is 0.758. The Morgan fingerprint density at radius 3 is 2.24 bits per heavy atom. The van der Waals surface area contributed by atoms with E-state index >= 15 is 0 Å². The van der Waals surface area contributed by atoms with Gasteiger partial charge in [-0.15, -0.1) is 0 Å². The van der Waals surface area contributed by atoms with Gasteiger partial charge in [-0.05, 0) is 43.2 Å². The van der Waals surface area contributed by atoms with Crippen LogP contribution < -0.4 is 0 Å². The highest BCUT2D eigenvalue weighted by Crippen LogP contribution is 2.22. The smallest absolute Gasteiger partial charge is 0.338 e. The van der Waals surface area contributed by atoms with Gasteiger partial charge in [0, 0.05) is 19.2 Å². The van der Waals surface area contributed by atoms with Crippen LogP contribution in [0.1, 0.15) is 41.6 Å². The van der Waals surface area contributed by atoms with Gasteiger partial charge in [0.25, 0.3) is 5.69 Å². The van der Waals surface area contributed by atoms with Crippen molar-refractivity contribution in [2.75, 3.05) is 13.1 Å². The highest BCUT2D eigenvalue weighted by molar-refractivity contribution is 7.89. The van der Waals surface area contributed by atoms with Crippen LogP contribution >= 0.6 is 0 Å². The number of nitro benzene ring substituents is 1. The number of hydrogen-bond donors (Lipinski definition) is 0. The number of ether oxygens (including phenoxy) is 1. The highest BCUT2D eigenvalue weighted by atomic mass is 32.2. The molecule has 0 N–H and O–H groups in total. The zero-order chi connectivity index (χ0) is 20.9. The van der Waals surface area contributed by atoms with Crippen molar-refractivity contribution in [3.05, 3.63) is 69.8 Å². The second-order valence-corrected chi connectivity index (χ2v) is 8.74. The van der Waals surface area contributed by atoms with Crippen molar-refractivity contribution in [2.45, 2.75) is 37.2 Å². The summed E-state index contributed by atoms with van der Waals surface area (Å²) in [4.78, 5) is 22.9. The zero-order valence-corrected chi connectivity index (χ0v) is 16.6. The molecule has 1 saturated heterocycles. The predicted octanol–water partition coefficient (Wildman–Crippen LogP) is 3.52. The molecule has 0 spiro atoms. The molecular formula is C20H22N2O6S. The average Bonchev–Trinajstić information content (AvgIpc) is 3.02. The van der Waals surface area contributed by atoms with Crippen molar-refractivity contribution in [2.24, 2.45) is 0 Å². The maximum absolute atomic E-state index is 12.8. The first-order valence-corrected chi connectivity index (χ1v) is 10.8. The van der Waals surface area contributed by atoms with E-state index in [1.807, 2.05) is 0 Å². The molecule has 154 valence electrons. The fourth-order valence-electron chi connectivity index (χ4n) is 3.23. The Bertz CT molecular complexity index is 980. The first-order valence-electron chi connectivity index (χ1n) is 9.39. The molecule has 3 rings (SSSR count). The molecule has 1 aliphatic heterocycles. The molecule has 0 atom stereocenters. The third-order valence-electron chi connectivity index (χ3n) is 4.84. The molecule has 0 aliphatic carbocycles. The number of carbonyl (C=O) groups is 1. The van der Waals surface area contributed by atoms with Crippen molar-refractivity contribution < 1.29 is 22.9 Å². The number of benzene rings is 2. The summed E-state index contributed by atoms with van der Waals surface area (Å²) in [5.41, 5.74) is 0.337. The van der Waals surface area contributed by atoms with Gasteiger partial charge in [-0.3, -0.25) is 10.1 Å². The number of hydrogen-bond acceptors (Lipinski definition) is 6. The van der Waals surface area contributed by atoms with Crippen molar-refractivity contribution >= 4 is 21.7 Å². The molecule has 0 bridgehead atoms. The molecule has 2 aromatic rings. The minimum absolute atomic E-state index is 0.126. The van der Waals surface area contributed by atoms with Gasteiger partial charge in [-0.2, -0.15) is 4.31 Å². The summed E-state index contributed by atoms with van der Waals surface area (Å²) in [7, 11) is -3.59. The minimum Gasteiger partial charge on any atom is -0.457 e. The van der Waals surface area contributed by atoms with Crippen molar-refractivity contribution in [1.82, 2.24) is 4.31 Å². The monoisotopic (exact) mass is 418 g/mol. The van der Waals surface area contributed by atoms with E-state index in [2.05, 4.69) is 0 Å². The number of rotatable bonds is 6. The van der Waals surface area contributed by atoms with Gasteiger partial charge in [0.2, 0.25) is 10.0 Å². The lowest BCUT2D eigenvalue weighted by Crippen LogP contribution is -2.31. The summed E-state index contributed by atoms with van der Waals surface area (Å²) in [6, 6.07) is 11.6. The van der Waals surface area contributed by atoms with E-state index in [4.69, 9.17) is 4.74 Å². The molecule has 0 amide bonds. The fourth-order valence-corrected chi connectivity index (χ4v) is 4.75. The Labute approximate surface area is 169 Å². The SMILES string of the molecule is O=C(OCc1ccccc1[N+](=O)[O-])c1ccc(S(=O)(=O)N2CCCCCC2)cc1. The van der Waals surface area contributed by atoms with Crippen LogP contribution in [0.4, 0.5) is 5.69 Å². The second-order valence-electron chi connectivity index (χ2n) is 6.80. The molecular weight excluding hydrogens is 396 g/mol. The number of nitro groups is 1. The fraction of sp³-hybridized carbons (Fsp3) is 0.350. The molecule has 29 heavy (non-hydrogen) atoms. The maximum atomic E-state index is 12.8. The number of sulfonamides is 1. The van der Waals surface area contributed by atoms with E-state index in [-0.39, 0.29) is 28.3 Å². The van der Waals surface area contributed by atoms with Gasteiger partial charge >= 0.3 is 5.97 Å². The molecule has 0 unspecified atom stereocenters. The zero-order valence-electron chi connectivity index (χ0n) is 15.8. The highest BCUT2D eigenvalue weighted by Gasteiger charge is 2.25. The van der Waals surface area contributed by atoms with Crippen LogP contribution in [0.2, 0.25) is 0 Å². The molecule has 8 nitrogen and oxygen atoms in total. The van der Waals surface area contributed by atoms with Crippen LogP contribution in [0, 0.1) is 10.1 Å². The van der Waals surface area contributed by atoms with Crippen LogP contribution in [0.3, 0.4) is 0 Å². The summed E-state index contributed by atoms with van der Waals surface area (Å²) in [6.07, 6.45) is 3.73. The Hall–Kier alpha value is -2.78. The molecule has 0 aromatic heterocycles. The number of esters is 1. The molecule has 0 radical (unpaired) electrons. The van der Waals surface area contributed by atoms with E-state index in [0.717, 1.165) is 25.7 Å². The normalized spacial score (nSPS) is 15.4. The minimum atomic E-state index is -3.59. The van der Waals surface area contributed by atoms with E-state index in [1.165, 1.54) is 46.8 Å². The molecule has 0 saturated carbocycles. The van der Waals surface area contributed by atoms with Gasteiger partial charge in [0.05, 0.1) is 20.9 Å². The summed E-state index contributed by atoms with van der Waals surface area (Å²) in [5, 5.41) is 11.0. The lowest BCUT2D eigenvalue weighted by molar-refractivity contribution is -0.385. The topological polar surface area (TPSA) is 107 Å². The van der Waals surface area contributed by atoms with Crippen LogP contribution in [-0.2, 0) is 21.4 Å². The Balaban J connectivity index is 1.68. The summed E-state index contributed by atoms with van der Waals surface area (Å²) >= 11 is 0. The van der Waals surface area contributed by atoms with E-state index < -0.39 is 20.9 Å². The number of para-hydroxylation sites is 1. The third-order valence-corrected chi connectivity index (χ3v) is 6.75. The molecule has 9 heteroatoms. The summed E-state index contributed by atoms with van der Waals surface area (Å²) < 4.78 is 32.2. The van der Waals surface area contributed by atoms with Crippen LogP contribution in [0.25, 0.3) is 0 Å². The second kappa shape index (κ2) is 9.15. The van der Waals surface area contributed by atoms with Crippen LogP contribution in [0.15, 0.2) is 53.4 Å². The van der Waals surface area contributed by atoms with Gasteiger partial charge in [-0.1, -0.05) is 25.0 Å². The van der Waals surface area contributed by atoms with Crippen LogP contribution in [0.5, 0.6) is 0 Å². The van der Waals surface area contributed by atoms with Gasteiger partial charge in [0.1, 0.15) is 6.61 Å². The molecule has 2 aromatic carbocycles. The standard InChI is InChI=1S/C20H22N2O6S/c23-20(28-15-17-7-3-4-8-19(17)22(24)25)16-9-11-18(12-10-16)29(26,27)21-13-5-1-2-6-14-21/h3-4,7-12H,1-2,5-6,13-15H2. The molecule has 1 fully saturated rings. The van der Waals surface area contributed by atoms with Gasteiger partial charge < -0.3 is 4.74 Å². The lowest BCUT2D eigenvalue weighted by Gasteiger charge is -2.20. The molecule has 1 aliphatic rings. The van der Waals surface area contributed by atoms with E-state index in [0.29, 0.717) is 13.1 Å². The van der Waals surface area contributed by atoms with Crippen LogP contribution in [-0.4, -0.2) is 36.7 Å². The Morgan fingerprint density at radius 2 is 1.62 bits per heavy atom. The Kier molecular flexibility index (Phi) is 6.60. The largest absolute Gasteiger partial charge is 0.457 e. The van der Waals surface area contributed by atoms with Crippen molar-refractivity contribution in [1.29, 1.82) is 0 Å². The van der Waals surface area contributed by atoms with E-state index in [9.17, 15) is 23.3 Å². The molecule has 1 heterocycles. The number of carbonyl (C=O) groups excluding carboxylic acids is 1. The first kappa shape index (κ1) is 20.9. The van der Waals surface area contributed by atoms with E-state index in [1.54, 1.807) is 6.07 Å². The predicted molar refractivity (Wildman–Crippen MR) is 106 cm³/mol. The Morgan fingerprint density at radius 1 is 1.00 bits per heavy atom. The quantitative estimate of drug-likeness (QED) is 0.404. The van der Waals surface area contributed by atoms with Crippen molar-refractivity contribution in [3.63, 3.8) is 0 Å². The summed E-state index contributed by atoms with van der Waals surface area (Å²) in [5.74, 6) is -0.679. The van der Waals surface area contributed by atoms with Gasteiger partial charge in [-0.25, -0.2) is 13.2 Å². The third kappa shape index (κ3) is 4.99. The average molecular weight is 418 g/mol.